The summed E-state index contributed by atoms with van der Waals surface area (Å²) in [5.74, 6) is 0.467. The molecule has 8 nitrogen and oxygen atoms in total. The zero-order valence-corrected chi connectivity index (χ0v) is 12.4. The number of hydrazone groups is 1. The Balaban J connectivity index is 1.83. The number of nitriles is 2. The lowest BCUT2D eigenvalue weighted by Crippen LogP contribution is -2.42. The molecule has 1 amide bonds. The first-order valence-corrected chi connectivity index (χ1v) is 6.95. The molecule has 1 N–H and O–H groups in total. The standard InChI is InChI=1S/C15H15N5O3/c16-9-13(10-17)19-18-12-1-3-14(4-2-12)23-11-15(21)20-5-7-22-8-6-20/h1-4,18H,5-8,11H2. The van der Waals surface area contributed by atoms with Crippen LogP contribution in [0.15, 0.2) is 29.4 Å². The fraction of sp³-hybridized carbons (Fsp3) is 0.333. The second-order valence-electron chi connectivity index (χ2n) is 4.60. The first-order valence-electron chi connectivity index (χ1n) is 6.95. The summed E-state index contributed by atoms with van der Waals surface area (Å²) in [5, 5.41) is 20.8. The highest BCUT2D eigenvalue weighted by Gasteiger charge is 2.16. The number of morpholine rings is 1. The Kier molecular flexibility index (Phi) is 5.92. The molecule has 0 radical (unpaired) electrons. The SMILES string of the molecule is N#CC(C#N)=NNc1ccc(OCC(=O)N2CCOCC2)cc1. The van der Waals surface area contributed by atoms with Crippen LogP contribution in [0.1, 0.15) is 0 Å². The molecule has 1 heterocycles. The van der Waals surface area contributed by atoms with Crippen LogP contribution in [0, 0.1) is 22.7 Å². The molecule has 0 aromatic heterocycles. The molecular weight excluding hydrogens is 298 g/mol. The molecule has 8 heteroatoms. The summed E-state index contributed by atoms with van der Waals surface area (Å²) < 4.78 is 10.6. The number of rotatable bonds is 5. The minimum atomic E-state index is -0.263. The first-order chi connectivity index (χ1) is 11.2. The van der Waals surface area contributed by atoms with E-state index in [-0.39, 0.29) is 18.2 Å². The molecule has 1 aromatic rings. The molecule has 118 valence electrons. The van der Waals surface area contributed by atoms with Crippen LogP contribution >= 0.6 is 0 Å². The topological polar surface area (TPSA) is 111 Å². The van der Waals surface area contributed by atoms with E-state index in [1.54, 1.807) is 41.3 Å². The van der Waals surface area contributed by atoms with Gasteiger partial charge in [-0.2, -0.15) is 15.6 Å². The van der Waals surface area contributed by atoms with E-state index in [0.717, 1.165) is 0 Å². The van der Waals surface area contributed by atoms with Crippen molar-refractivity contribution in [3.63, 3.8) is 0 Å². The maximum atomic E-state index is 11.9. The van der Waals surface area contributed by atoms with Gasteiger partial charge < -0.3 is 14.4 Å². The molecule has 0 saturated carbocycles. The van der Waals surface area contributed by atoms with E-state index in [1.807, 2.05) is 0 Å². The maximum Gasteiger partial charge on any atom is 0.260 e. The van der Waals surface area contributed by atoms with Crippen molar-refractivity contribution in [2.75, 3.05) is 38.3 Å². The highest BCUT2D eigenvalue weighted by molar-refractivity contribution is 6.10. The minimum absolute atomic E-state index is 0.0298. The van der Waals surface area contributed by atoms with Crippen molar-refractivity contribution in [1.29, 1.82) is 10.5 Å². The van der Waals surface area contributed by atoms with Gasteiger partial charge in [-0.3, -0.25) is 10.2 Å². The molecule has 1 aliphatic rings. The molecule has 2 rings (SSSR count). The molecule has 0 atom stereocenters. The Hall–Kier alpha value is -3.10. The summed E-state index contributed by atoms with van der Waals surface area (Å²) in [5.41, 5.74) is 2.92. The Morgan fingerprint density at radius 2 is 1.91 bits per heavy atom. The van der Waals surface area contributed by atoms with Crippen LogP contribution in [-0.2, 0) is 9.53 Å². The van der Waals surface area contributed by atoms with E-state index in [9.17, 15) is 4.79 Å². The summed E-state index contributed by atoms with van der Waals surface area (Å²) >= 11 is 0. The fourth-order valence-electron chi connectivity index (χ4n) is 1.87. The van der Waals surface area contributed by atoms with E-state index in [2.05, 4.69) is 10.5 Å². The third-order valence-electron chi connectivity index (χ3n) is 3.09. The van der Waals surface area contributed by atoms with Crippen LogP contribution in [0.4, 0.5) is 5.69 Å². The van der Waals surface area contributed by atoms with Gasteiger partial charge in [0.1, 0.15) is 17.9 Å². The molecule has 0 unspecified atom stereocenters. The Labute approximate surface area is 133 Å². The summed E-state index contributed by atoms with van der Waals surface area (Å²) in [7, 11) is 0. The number of hydrogen-bond acceptors (Lipinski definition) is 7. The van der Waals surface area contributed by atoms with Gasteiger partial charge in [0.2, 0.25) is 5.71 Å². The van der Waals surface area contributed by atoms with Crippen molar-refractivity contribution in [2.24, 2.45) is 5.10 Å². The zero-order chi connectivity index (χ0) is 16.5. The molecule has 23 heavy (non-hydrogen) atoms. The molecule has 1 fully saturated rings. The van der Waals surface area contributed by atoms with Gasteiger partial charge in [-0.1, -0.05) is 0 Å². The summed E-state index contributed by atoms with van der Waals surface area (Å²) in [6.45, 7) is 2.25. The van der Waals surface area contributed by atoms with E-state index < -0.39 is 0 Å². The van der Waals surface area contributed by atoms with E-state index in [1.165, 1.54) is 0 Å². The second kappa shape index (κ2) is 8.37. The predicted octanol–water partition coefficient (Wildman–Crippen LogP) is 0.739. The highest BCUT2D eigenvalue weighted by Crippen LogP contribution is 2.16. The number of nitrogens with zero attached hydrogens (tertiary/aromatic N) is 4. The van der Waals surface area contributed by atoms with Gasteiger partial charge in [0.25, 0.3) is 5.91 Å². The predicted molar refractivity (Wildman–Crippen MR) is 81.6 cm³/mol. The molecule has 0 bridgehead atoms. The van der Waals surface area contributed by atoms with E-state index in [0.29, 0.717) is 37.7 Å². The van der Waals surface area contributed by atoms with Crippen LogP contribution in [0.25, 0.3) is 0 Å². The number of nitrogens with one attached hydrogen (secondary N) is 1. The molecule has 1 aromatic carbocycles. The molecule has 1 saturated heterocycles. The Morgan fingerprint density at radius 3 is 2.52 bits per heavy atom. The lowest BCUT2D eigenvalue weighted by atomic mass is 10.3. The van der Waals surface area contributed by atoms with Crippen molar-refractivity contribution in [2.45, 2.75) is 0 Å². The van der Waals surface area contributed by atoms with Crippen LogP contribution in [0.5, 0.6) is 5.75 Å². The number of anilines is 1. The van der Waals surface area contributed by atoms with Gasteiger partial charge in [-0.25, -0.2) is 0 Å². The number of amides is 1. The largest absolute Gasteiger partial charge is 0.484 e. The number of benzene rings is 1. The van der Waals surface area contributed by atoms with Crippen LogP contribution in [0.3, 0.4) is 0 Å². The molecule has 0 aliphatic carbocycles. The average molecular weight is 313 g/mol. The quantitative estimate of drug-likeness (QED) is 0.634. The van der Waals surface area contributed by atoms with Gasteiger partial charge in [-0.15, -0.1) is 0 Å². The first kappa shape index (κ1) is 16.3. The second-order valence-corrected chi connectivity index (χ2v) is 4.60. The van der Waals surface area contributed by atoms with Crippen LogP contribution in [-0.4, -0.2) is 49.4 Å². The third kappa shape index (κ3) is 4.99. The summed E-state index contributed by atoms with van der Waals surface area (Å²) in [4.78, 5) is 13.6. The number of ether oxygens (including phenoxy) is 2. The van der Waals surface area contributed by atoms with Crippen molar-refractivity contribution in [1.82, 2.24) is 4.90 Å². The monoisotopic (exact) mass is 313 g/mol. The Morgan fingerprint density at radius 1 is 1.26 bits per heavy atom. The molecule has 0 spiro atoms. The molecular formula is C15H15N5O3. The van der Waals surface area contributed by atoms with Gasteiger partial charge in [0.15, 0.2) is 6.61 Å². The number of carbonyl (C=O) groups excluding carboxylic acids is 1. The number of carbonyl (C=O) groups is 1. The van der Waals surface area contributed by atoms with E-state index in [4.69, 9.17) is 20.0 Å². The van der Waals surface area contributed by atoms with Crippen molar-refractivity contribution in [3.8, 4) is 17.9 Å². The van der Waals surface area contributed by atoms with Gasteiger partial charge in [0, 0.05) is 13.1 Å². The van der Waals surface area contributed by atoms with Crippen molar-refractivity contribution < 1.29 is 14.3 Å². The normalized spacial score (nSPS) is 13.4. The third-order valence-corrected chi connectivity index (χ3v) is 3.09. The lowest BCUT2D eigenvalue weighted by Gasteiger charge is -2.26. The fourth-order valence-corrected chi connectivity index (χ4v) is 1.87. The summed E-state index contributed by atoms with van der Waals surface area (Å²) in [6.07, 6.45) is 0. The Bertz CT molecular complexity index is 635. The number of hydrogen-bond donors (Lipinski definition) is 1. The van der Waals surface area contributed by atoms with E-state index >= 15 is 0 Å². The van der Waals surface area contributed by atoms with Crippen molar-refractivity contribution >= 4 is 17.3 Å². The van der Waals surface area contributed by atoms with Crippen LogP contribution < -0.4 is 10.2 Å². The highest BCUT2D eigenvalue weighted by atomic mass is 16.5. The summed E-state index contributed by atoms with van der Waals surface area (Å²) in [6, 6.07) is 9.98. The smallest absolute Gasteiger partial charge is 0.260 e. The average Bonchev–Trinajstić information content (AvgIpc) is 2.62. The van der Waals surface area contributed by atoms with Crippen LogP contribution in [0.2, 0.25) is 0 Å². The van der Waals surface area contributed by atoms with Gasteiger partial charge in [0.05, 0.1) is 18.9 Å². The van der Waals surface area contributed by atoms with Gasteiger partial charge in [-0.05, 0) is 24.3 Å². The minimum Gasteiger partial charge on any atom is -0.484 e. The molecule has 1 aliphatic heterocycles. The van der Waals surface area contributed by atoms with Crippen molar-refractivity contribution in [3.05, 3.63) is 24.3 Å². The zero-order valence-electron chi connectivity index (χ0n) is 12.4. The van der Waals surface area contributed by atoms with Gasteiger partial charge >= 0.3 is 0 Å². The lowest BCUT2D eigenvalue weighted by molar-refractivity contribution is -0.137. The maximum absolute atomic E-state index is 11.9.